The summed E-state index contributed by atoms with van der Waals surface area (Å²) in [5.41, 5.74) is 0. The smallest absolute Gasteiger partial charge is 0.253 e. The molecule has 122 valence electrons. The van der Waals surface area contributed by atoms with E-state index < -0.39 is 0 Å². The van der Waals surface area contributed by atoms with Crippen molar-refractivity contribution >= 4 is 24.2 Å². The van der Waals surface area contributed by atoms with Crippen molar-refractivity contribution in [2.24, 2.45) is 5.92 Å². The van der Waals surface area contributed by atoms with Gasteiger partial charge in [0.05, 0.1) is 12.5 Å². The molecule has 0 saturated carbocycles. The summed E-state index contributed by atoms with van der Waals surface area (Å²) in [7, 11) is 0. The van der Waals surface area contributed by atoms with Crippen molar-refractivity contribution < 1.29 is 14.3 Å². The standard InChI is InChI=1S/C14H25N3O3.ClH/c1-2-5-16-13(18)11-4-3-7-17(10-11)14(19)12-9-15-6-8-20-12;/h11-12,15H,2-10H2,1H3,(H,16,18);1H. The molecular formula is C14H26ClN3O3. The summed E-state index contributed by atoms with van der Waals surface area (Å²) >= 11 is 0. The number of carbonyl (C=O) groups excluding carboxylic acids is 2. The number of piperidine rings is 1. The highest BCUT2D eigenvalue weighted by Gasteiger charge is 2.32. The van der Waals surface area contributed by atoms with Crippen molar-refractivity contribution in [1.82, 2.24) is 15.5 Å². The Morgan fingerprint density at radius 1 is 1.43 bits per heavy atom. The van der Waals surface area contributed by atoms with Gasteiger partial charge in [-0.1, -0.05) is 6.92 Å². The largest absolute Gasteiger partial charge is 0.366 e. The van der Waals surface area contributed by atoms with Gasteiger partial charge in [0.1, 0.15) is 6.10 Å². The average molecular weight is 320 g/mol. The second-order valence-corrected chi connectivity index (χ2v) is 5.48. The molecule has 0 aliphatic carbocycles. The zero-order chi connectivity index (χ0) is 14.4. The Hall–Kier alpha value is -0.850. The van der Waals surface area contributed by atoms with Gasteiger partial charge in [-0.05, 0) is 19.3 Å². The lowest BCUT2D eigenvalue weighted by molar-refractivity contribution is -0.148. The lowest BCUT2D eigenvalue weighted by atomic mass is 9.96. The van der Waals surface area contributed by atoms with E-state index in [-0.39, 0.29) is 36.2 Å². The predicted octanol–water partition coefficient (Wildman–Crippen LogP) is 0.161. The first kappa shape index (κ1) is 18.2. The molecule has 7 heteroatoms. The van der Waals surface area contributed by atoms with E-state index in [4.69, 9.17) is 4.74 Å². The third kappa shape index (κ3) is 5.13. The number of carbonyl (C=O) groups is 2. The molecular weight excluding hydrogens is 294 g/mol. The second-order valence-electron chi connectivity index (χ2n) is 5.48. The van der Waals surface area contributed by atoms with Crippen LogP contribution in [-0.4, -0.2) is 62.1 Å². The van der Waals surface area contributed by atoms with Crippen LogP contribution in [0.1, 0.15) is 26.2 Å². The summed E-state index contributed by atoms with van der Waals surface area (Å²) in [6, 6.07) is 0. The summed E-state index contributed by atoms with van der Waals surface area (Å²) in [5.74, 6) is 0.0213. The molecule has 2 atom stereocenters. The number of halogens is 1. The summed E-state index contributed by atoms with van der Waals surface area (Å²) in [4.78, 5) is 26.2. The van der Waals surface area contributed by atoms with Gasteiger partial charge in [-0.3, -0.25) is 9.59 Å². The van der Waals surface area contributed by atoms with E-state index in [0.29, 0.717) is 26.2 Å². The van der Waals surface area contributed by atoms with Crippen LogP contribution in [0.4, 0.5) is 0 Å². The Labute approximate surface area is 132 Å². The molecule has 0 radical (unpaired) electrons. The van der Waals surface area contributed by atoms with E-state index in [1.54, 1.807) is 4.90 Å². The summed E-state index contributed by atoms with van der Waals surface area (Å²) in [6.07, 6.45) is 2.29. The van der Waals surface area contributed by atoms with Crippen LogP contribution in [0.25, 0.3) is 0 Å². The van der Waals surface area contributed by atoms with Gasteiger partial charge in [0, 0.05) is 32.7 Å². The number of hydrogen-bond donors (Lipinski definition) is 2. The minimum absolute atomic E-state index is 0. The van der Waals surface area contributed by atoms with E-state index in [2.05, 4.69) is 10.6 Å². The van der Waals surface area contributed by atoms with Crippen molar-refractivity contribution in [3.63, 3.8) is 0 Å². The van der Waals surface area contributed by atoms with Crippen LogP contribution >= 0.6 is 12.4 Å². The molecule has 2 aliphatic rings. The fraction of sp³-hybridized carbons (Fsp3) is 0.857. The Morgan fingerprint density at radius 3 is 2.90 bits per heavy atom. The van der Waals surface area contributed by atoms with Crippen molar-refractivity contribution in [2.45, 2.75) is 32.3 Å². The van der Waals surface area contributed by atoms with Gasteiger partial charge in [-0.25, -0.2) is 0 Å². The van der Waals surface area contributed by atoms with Gasteiger partial charge in [-0.2, -0.15) is 0 Å². The van der Waals surface area contributed by atoms with Crippen molar-refractivity contribution in [1.29, 1.82) is 0 Å². The minimum Gasteiger partial charge on any atom is -0.366 e. The number of morpholine rings is 1. The van der Waals surface area contributed by atoms with Crippen LogP contribution in [0.3, 0.4) is 0 Å². The number of likely N-dealkylation sites (tertiary alicyclic amines) is 1. The minimum atomic E-state index is -0.388. The second kappa shape index (κ2) is 9.23. The first-order valence-corrected chi connectivity index (χ1v) is 7.61. The molecule has 2 rings (SSSR count). The van der Waals surface area contributed by atoms with Gasteiger partial charge < -0.3 is 20.3 Å². The molecule has 2 fully saturated rings. The van der Waals surface area contributed by atoms with E-state index in [1.807, 2.05) is 6.92 Å². The van der Waals surface area contributed by atoms with Crippen LogP contribution in [0.5, 0.6) is 0 Å². The number of amides is 2. The maximum atomic E-state index is 12.4. The molecule has 2 aliphatic heterocycles. The highest BCUT2D eigenvalue weighted by molar-refractivity contribution is 5.85. The summed E-state index contributed by atoms with van der Waals surface area (Å²) in [5, 5.41) is 6.09. The normalized spacial score (nSPS) is 25.9. The number of rotatable bonds is 4. The summed E-state index contributed by atoms with van der Waals surface area (Å²) in [6.45, 7) is 5.94. The maximum absolute atomic E-state index is 12.4. The monoisotopic (exact) mass is 319 g/mol. The van der Waals surface area contributed by atoms with Crippen LogP contribution in [0.2, 0.25) is 0 Å². The Kier molecular flexibility index (Phi) is 8.00. The molecule has 2 heterocycles. The van der Waals surface area contributed by atoms with Crippen LogP contribution < -0.4 is 10.6 Å². The molecule has 2 amide bonds. The maximum Gasteiger partial charge on any atom is 0.253 e. The Balaban J connectivity index is 0.00000220. The van der Waals surface area contributed by atoms with Gasteiger partial charge in [0.2, 0.25) is 5.91 Å². The first-order chi connectivity index (χ1) is 9.72. The molecule has 0 bridgehead atoms. The topological polar surface area (TPSA) is 70.7 Å². The van der Waals surface area contributed by atoms with Crippen molar-refractivity contribution in [3.05, 3.63) is 0 Å². The van der Waals surface area contributed by atoms with Crippen LogP contribution in [0, 0.1) is 5.92 Å². The lowest BCUT2D eigenvalue weighted by Crippen LogP contribution is -2.53. The molecule has 21 heavy (non-hydrogen) atoms. The highest BCUT2D eigenvalue weighted by Crippen LogP contribution is 2.18. The molecule has 0 aromatic carbocycles. The van der Waals surface area contributed by atoms with Crippen LogP contribution in [0.15, 0.2) is 0 Å². The zero-order valence-corrected chi connectivity index (χ0v) is 13.4. The SMILES string of the molecule is CCCNC(=O)C1CCCN(C(=O)C2CNCCO2)C1.Cl. The quantitative estimate of drug-likeness (QED) is 0.774. The molecule has 6 nitrogen and oxygen atoms in total. The zero-order valence-electron chi connectivity index (χ0n) is 12.6. The third-order valence-corrected chi connectivity index (χ3v) is 3.86. The number of nitrogens with one attached hydrogen (secondary N) is 2. The number of ether oxygens (including phenoxy) is 1. The fourth-order valence-corrected chi connectivity index (χ4v) is 2.71. The third-order valence-electron chi connectivity index (χ3n) is 3.86. The molecule has 0 aromatic heterocycles. The summed E-state index contributed by atoms with van der Waals surface area (Å²) < 4.78 is 5.50. The first-order valence-electron chi connectivity index (χ1n) is 7.61. The average Bonchev–Trinajstić information content (AvgIpc) is 2.52. The molecule has 0 aromatic rings. The van der Waals surface area contributed by atoms with Crippen molar-refractivity contribution in [2.75, 3.05) is 39.3 Å². The van der Waals surface area contributed by atoms with E-state index in [9.17, 15) is 9.59 Å². The molecule has 2 N–H and O–H groups in total. The lowest BCUT2D eigenvalue weighted by Gasteiger charge is -2.35. The molecule has 2 saturated heterocycles. The predicted molar refractivity (Wildman–Crippen MR) is 82.5 cm³/mol. The Bertz CT molecular complexity index is 348. The Morgan fingerprint density at radius 2 is 2.24 bits per heavy atom. The van der Waals surface area contributed by atoms with E-state index in [0.717, 1.165) is 32.4 Å². The van der Waals surface area contributed by atoms with Gasteiger partial charge in [0.25, 0.3) is 5.91 Å². The fourth-order valence-electron chi connectivity index (χ4n) is 2.71. The molecule has 2 unspecified atom stereocenters. The molecule has 0 spiro atoms. The number of nitrogens with zero attached hydrogens (tertiary/aromatic N) is 1. The highest BCUT2D eigenvalue weighted by atomic mass is 35.5. The van der Waals surface area contributed by atoms with Gasteiger partial charge in [0.15, 0.2) is 0 Å². The van der Waals surface area contributed by atoms with E-state index in [1.165, 1.54) is 0 Å². The van der Waals surface area contributed by atoms with Gasteiger partial charge in [-0.15, -0.1) is 12.4 Å². The number of hydrogen-bond acceptors (Lipinski definition) is 4. The van der Waals surface area contributed by atoms with Crippen LogP contribution in [-0.2, 0) is 14.3 Å². The van der Waals surface area contributed by atoms with Gasteiger partial charge >= 0.3 is 0 Å². The van der Waals surface area contributed by atoms with E-state index >= 15 is 0 Å². The van der Waals surface area contributed by atoms with Crippen molar-refractivity contribution in [3.8, 4) is 0 Å².